The highest BCUT2D eigenvalue weighted by Gasteiger charge is 2.15. The summed E-state index contributed by atoms with van der Waals surface area (Å²) in [6.45, 7) is 5.61. The van der Waals surface area contributed by atoms with Gasteiger partial charge in [0.25, 0.3) is 11.5 Å². The molecule has 1 N–H and O–H groups in total. The molecular weight excluding hydrogens is 394 g/mol. The second kappa shape index (κ2) is 7.88. The molecule has 0 saturated carbocycles. The van der Waals surface area contributed by atoms with Gasteiger partial charge in [0.05, 0.1) is 30.4 Å². The number of benzene rings is 2. The van der Waals surface area contributed by atoms with Crippen LogP contribution >= 0.6 is 0 Å². The van der Waals surface area contributed by atoms with Crippen LogP contribution in [0.25, 0.3) is 16.6 Å². The van der Waals surface area contributed by atoms with Crippen LogP contribution in [-0.2, 0) is 11.3 Å². The van der Waals surface area contributed by atoms with E-state index in [2.05, 4.69) is 15.3 Å². The number of rotatable bonds is 4. The van der Waals surface area contributed by atoms with Crippen LogP contribution in [-0.4, -0.2) is 46.4 Å². The van der Waals surface area contributed by atoms with Crippen LogP contribution in [0, 0.1) is 0 Å². The molecule has 5 rings (SSSR count). The zero-order chi connectivity index (χ0) is 21.4. The van der Waals surface area contributed by atoms with Crippen LogP contribution in [0.1, 0.15) is 17.3 Å². The Morgan fingerprint density at radius 1 is 1.03 bits per heavy atom. The van der Waals surface area contributed by atoms with E-state index in [1.54, 1.807) is 33.5 Å². The maximum absolute atomic E-state index is 12.9. The number of hydrogen-bond acceptors (Lipinski definition) is 5. The summed E-state index contributed by atoms with van der Waals surface area (Å²) in [5.74, 6) is -0.225. The minimum Gasteiger partial charge on any atom is -0.378 e. The summed E-state index contributed by atoms with van der Waals surface area (Å²) in [4.78, 5) is 27.9. The molecule has 2 aromatic carbocycles. The molecule has 0 bridgehead atoms. The first-order chi connectivity index (χ1) is 15.2. The standard InChI is InChI=1S/C23H23N5O3/c1-2-27-21-15-16(3-8-19(21)28-20(23(27)30)9-10-24-28)22(29)25-17-4-6-18(7-5-17)26-11-13-31-14-12-26/h3-10,15H,2,11-14H2,1H3,(H,25,29). The first-order valence-corrected chi connectivity index (χ1v) is 10.4. The predicted molar refractivity (Wildman–Crippen MR) is 120 cm³/mol. The minimum atomic E-state index is -0.225. The van der Waals surface area contributed by atoms with E-state index in [9.17, 15) is 9.59 Å². The average molecular weight is 417 g/mol. The third kappa shape index (κ3) is 3.44. The highest BCUT2D eigenvalue weighted by Crippen LogP contribution is 2.21. The number of carbonyl (C=O) groups is 1. The summed E-state index contributed by atoms with van der Waals surface area (Å²) < 4.78 is 8.68. The molecule has 1 aliphatic rings. The molecular formula is C23H23N5O3. The Morgan fingerprint density at radius 2 is 1.81 bits per heavy atom. The van der Waals surface area contributed by atoms with Crippen LogP contribution in [0.3, 0.4) is 0 Å². The van der Waals surface area contributed by atoms with E-state index >= 15 is 0 Å². The van der Waals surface area contributed by atoms with Gasteiger partial charge in [0.2, 0.25) is 0 Å². The van der Waals surface area contributed by atoms with Crippen molar-refractivity contribution >= 4 is 33.8 Å². The smallest absolute Gasteiger partial charge is 0.277 e. The number of aromatic nitrogens is 3. The Morgan fingerprint density at radius 3 is 2.55 bits per heavy atom. The Kier molecular flexibility index (Phi) is 4.91. The van der Waals surface area contributed by atoms with Gasteiger partial charge >= 0.3 is 0 Å². The monoisotopic (exact) mass is 417 g/mol. The van der Waals surface area contributed by atoms with Gasteiger partial charge in [-0.1, -0.05) is 0 Å². The molecule has 3 heterocycles. The van der Waals surface area contributed by atoms with E-state index < -0.39 is 0 Å². The fraction of sp³-hybridized carbons (Fsp3) is 0.261. The number of fused-ring (bicyclic) bond motifs is 3. The molecule has 1 amide bonds. The number of amides is 1. The van der Waals surface area contributed by atoms with E-state index in [1.165, 1.54) is 0 Å². The maximum Gasteiger partial charge on any atom is 0.277 e. The minimum absolute atomic E-state index is 0.122. The van der Waals surface area contributed by atoms with Gasteiger partial charge < -0.3 is 19.5 Å². The number of carbonyl (C=O) groups excluding carboxylic acids is 1. The molecule has 158 valence electrons. The summed E-state index contributed by atoms with van der Waals surface area (Å²) in [5.41, 5.74) is 4.18. The van der Waals surface area contributed by atoms with Crippen molar-refractivity contribution in [3.05, 3.63) is 70.6 Å². The van der Waals surface area contributed by atoms with Crippen molar-refractivity contribution in [3.63, 3.8) is 0 Å². The number of ether oxygens (including phenoxy) is 1. The molecule has 0 unspecified atom stereocenters. The molecule has 0 spiro atoms. The number of nitrogens with one attached hydrogen (secondary N) is 1. The summed E-state index contributed by atoms with van der Waals surface area (Å²) in [7, 11) is 0. The van der Waals surface area contributed by atoms with Crippen LogP contribution in [0.2, 0.25) is 0 Å². The molecule has 0 atom stereocenters. The van der Waals surface area contributed by atoms with E-state index in [0.29, 0.717) is 23.1 Å². The molecule has 1 saturated heterocycles. The Balaban J connectivity index is 1.43. The van der Waals surface area contributed by atoms with Gasteiger partial charge in [0.1, 0.15) is 5.52 Å². The average Bonchev–Trinajstić information content (AvgIpc) is 3.31. The number of nitrogens with zero attached hydrogens (tertiary/aromatic N) is 4. The van der Waals surface area contributed by atoms with Gasteiger partial charge in [-0.15, -0.1) is 0 Å². The van der Waals surface area contributed by atoms with Crippen LogP contribution in [0.4, 0.5) is 11.4 Å². The third-order valence-corrected chi connectivity index (χ3v) is 5.68. The lowest BCUT2D eigenvalue weighted by atomic mass is 10.1. The Bertz CT molecular complexity index is 1320. The zero-order valence-electron chi connectivity index (χ0n) is 17.2. The van der Waals surface area contributed by atoms with E-state index in [-0.39, 0.29) is 11.5 Å². The largest absolute Gasteiger partial charge is 0.378 e. The fourth-order valence-corrected chi connectivity index (χ4v) is 4.06. The summed E-state index contributed by atoms with van der Waals surface area (Å²) in [6, 6.07) is 14.9. The van der Waals surface area contributed by atoms with Gasteiger partial charge in [-0.3, -0.25) is 9.59 Å². The van der Waals surface area contributed by atoms with Crippen LogP contribution in [0.15, 0.2) is 59.5 Å². The molecule has 31 heavy (non-hydrogen) atoms. The second-order valence-electron chi connectivity index (χ2n) is 7.48. The molecule has 8 nitrogen and oxygen atoms in total. The maximum atomic E-state index is 12.9. The van der Waals surface area contributed by atoms with Crippen molar-refractivity contribution < 1.29 is 9.53 Å². The van der Waals surface area contributed by atoms with E-state index in [4.69, 9.17) is 4.74 Å². The lowest BCUT2D eigenvalue weighted by Gasteiger charge is -2.28. The molecule has 2 aromatic heterocycles. The normalized spacial score (nSPS) is 14.3. The topological polar surface area (TPSA) is 80.9 Å². The second-order valence-corrected chi connectivity index (χ2v) is 7.48. The van der Waals surface area contributed by atoms with Gasteiger partial charge in [0.15, 0.2) is 0 Å². The van der Waals surface area contributed by atoms with Gasteiger partial charge in [0, 0.05) is 36.6 Å². The van der Waals surface area contributed by atoms with Crippen molar-refractivity contribution in [2.24, 2.45) is 0 Å². The summed E-state index contributed by atoms with van der Waals surface area (Å²) >= 11 is 0. The molecule has 0 aliphatic carbocycles. The van der Waals surface area contributed by atoms with Crippen molar-refractivity contribution in [2.45, 2.75) is 13.5 Å². The SMILES string of the molecule is CCn1c(=O)c2ccnn2c2ccc(C(=O)Nc3ccc(N4CCOCC4)cc3)cc21. The first-order valence-electron chi connectivity index (χ1n) is 10.4. The number of hydrogen-bond donors (Lipinski definition) is 1. The highest BCUT2D eigenvalue weighted by atomic mass is 16.5. The molecule has 4 aromatic rings. The predicted octanol–water partition coefficient (Wildman–Crippen LogP) is 2.76. The quantitative estimate of drug-likeness (QED) is 0.552. The number of aryl methyl sites for hydroxylation is 1. The van der Waals surface area contributed by atoms with Crippen LogP contribution < -0.4 is 15.8 Å². The van der Waals surface area contributed by atoms with E-state index in [0.717, 1.165) is 43.2 Å². The van der Waals surface area contributed by atoms with Crippen molar-refractivity contribution in [1.29, 1.82) is 0 Å². The lowest BCUT2D eigenvalue weighted by Crippen LogP contribution is -2.36. The lowest BCUT2D eigenvalue weighted by molar-refractivity contribution is 0.102. The van der Waals surface area contributed by atoms with Gasteiger partial charge in [-0.25, -0.2) is 4.52 Å². The van der Waals surface area contributed by atoms with Crippen molar-refractivity contribution in [2.75, 3.05) is 36.5 Å². The molecule has 1 aliphatic heterocycles. The Hall–Kier alpha value is -3.65. The number of morpholine rings is 1. The molecule has 0 radical (unpaired) electrons. The van der Waals surface area contributed by atoms with Gasteiger partial charge in [-0.2, -0.15) is 5.10 Å². The number of anilines is 2. The van der Waals surface area contributed by atoms with Crippen molar-refractivity contribution in [1.82, 2.24) is 14.2 Å². The Labute approximate surface area is 178 Å². The van der Waals surface area contributed by atoms with Gasteiger partial charge in [-0.05, 0) is 55.5 Å². The van der Waals surface area contributed by atoms with Crippen molar-refractivity contribution in [3.8, 4) is 0 Å². The molecule has 1 fully saturated rings. The zero-order valence-corrected chi connectivity index (χ0v) is 17.2. The van der Waals surface area contributed by atoms with Crippen LogP contribution in [0.5, 0.6) is 0 Å². The third-order valence-electron chi connectivity index (χ3n) is 5.68. The first kappa shape index (κ1) is 19.3. The molecule has 8 heteroatoms. The highest BCUT2D eigenvalue weighted by molar-refractivity contribution is 6.06. The summed E-state index contributed by atoms with van der Waals surface area (Å²) in [6.07, 6.45) is 1.61. The van der Waals surface area contributed by atoms with E-state index in [1.807, 2.05) is 37.3 Å². The fourth-order valence-electron chi connectivity index (χ4n) is 4.06. The summed E-state index contributed by atoms with van der Waals surface area (Å²) in [5, 5.41) is 7.21.